The van der Waals surface area contributed by atoms with E-state index in [1.54, 1.807) is 0 Å². The largest absolute Gasteiger partial charge is 0.416 e. The Morgan fingerprint density at radius 2 is 2.11 bits per heavy atom. The van der Waals surface area contributed by atoms with E-state index in [1.165, 1.54) is 17.4 Å². The predicted molar refractivity (Wildman–Crippen MR) is 69.0 cm³/mol. The third-order valence-corrected chi connectivity index (χ3v) is 4.46. The fourth-order valence-electron chi connectivity index (χ4n) is 2.13. The van der Waals surface area contributed by atoms with Crippen molar-refractivity contribution in [2.75, 3.05) is 0 Å². The summed E-state index contributed by atoms with van der Waals surface area (Å²) in [4.78, 5) is 4.28. The monoisotopic (exact) mass is 286 g/mol. The number of hydrogen-bond donors (Lipinski definition) is 1. The maximum absolute atomic E-state index is 12.6. The molecule has 0 aliphatic heterocycles. The summed E-state index contributed by atoms with van der Waals surface area (Å²) >= 11 is 1.43. The zero-order valence-electron chi connectivity index (χ0n) is 10.1. The van der Waals surface area contributed by atoms with E-state index in [0.29, 0.717) is 17.9 Å². The predicted octanol–water partition coefficient (Wildman–Crippen LogP) is 3.59. The molecule has 0 bridgehead atoms. The molecule has 1 fully saturated rings. The van der Waals surface area contributed by atoms with Gasteiger partial charge in [-0.25, -0.2) is 4.98 Å². The summed E-state index contributed by atoms with van der Waals surface area (Å²) in [5.41, 5.74) is 5.78. The zero-order chi connectivity index (χ0) is 13.6. The molecule has 2 nitrogen and oxygen atoms in total. The number of rotatable bonds is 3. The molecule has 19 heavy (non-hydrogen) atoms. The maximum Gasteiger partial charge on any atom is 0.416 e. The van der Waals surface area contributed by atoms with Crippen molar-refractivity contribution in [3.05, 3.63) is 28.8 Å². The first-order valence-electron chi connectivity index (χ1n) is 6.16. The molecule has 6 heteroatoms. The Kier molecular flexibility index (Phi) is 3.02. The lowest BCUT2D eigenvalue weighted by Gasteiger charge is -2.06. The third-order valence-electron chi connectivity index (χ3n) is 3.40. The molecular weight excluding hydrogens is 273 g/mol. The molecule has 1 aliphatic carbocycles. The van der Waals surface area contributed by atoms with E-state index >= 15 is 0 Å². The van der Waals surface area contributed by atoms with Crippen LogP contribution in [0.3, 0.4) is 0 Å². The van der Waals surface area contributed by atoms with Gasteiger partial charge in [0, 0.05) is 12.5 Å². The fraction of sp³-hybridized carbons (Fsp3) is 0.462. The van der Waals surface area contributed by atoms with Crippen LogP contribution in [0.2, 0.25) is 0 Å². The number of alkyl halides is 3. The van der Waals surface area contributed by atoms with Gasteiger partial charge in [-0.15, -0.1) is 11.3 Å². The molecule has 0 radical (unpaired) electrons. The van der Waals surface area contributed by atoms with E-state index < -0.39 is 11.7 Å². The van der Waals surface area contributed by atoms with Crippen molar-refractivity contribution < 1.29 is 13.2 Å². The minimum atomic E-state index is -4.32. The Hall–Kier alpha value is -1.14. The molecule has 1 aromatic heterocycles. The normalized spacial score (nSPS) is 17.9. The average Bonchev–Trinajstić information content (AvgIpc) is 3.08. The average molecular weight is 286 g/mol. The Labute approximate surface area is 112 Å². The van der Waals surface area contributed by atoms with Crippen LogP contribution in [0.15, 0.2) is 18.2 Å². The first-order valence-corrected chi connectivity index (χ1v) is 6.97. The minimum absolute atomic E-state index is 0.0858. The van der Waals surface area contributed by atoms with Crippen molar-refractivity contribution in [3.63, 3.8) is 0 Å². The second kappa shape index (κ2) is 4.45. The van der Waals surface area contributed by atoms with Crippen molar-refractivity contribution in [3.8, 4) is 0 Å². The van der Waals surface area contributed by atoms with Crippen LogP contribution >= 0.6 is 11.3 Å². The molecule has 2 aromatic rings. The molecule has 1 heterocycles. The number of fused-ring (bicyclic) bond motifs is 1. The molecule has 1 saturated carbocycles. The van der Waals surface area contributed by atoms with Crippen LogP contribution in [-0.2, 0) is 12.6 Å². The van der Waals surface area contributed by atoms with E-state index in [4.69, 9.17) is 5.73 Å². The molecule has 0 amide bonds. The Bertz CT molecular complexity index is 601. The van der Waals surface area contributed by atoms with Crippen molar-refractivity contribution >= 4 is 21.6 Å². The van der Waals surface area contributed by atoms with Gasteiger partial charge >= 0.3 is 6.18 Å². The molecule has 1 aromatic carbocycles. The van der Waals surface area contributed by atoms with Crippen LogP contribution in [0.25, 0.3) is 10.2 Å². The van der Waals surface area contributed by atoms with E-state index in [1.807, 2.05) is 0 Å². The quantitative estimate of drug-likeness (QED) is 0.936. The van der Waals surface area contributed by atoms with Crippen molar-refractivity contribution in [2.24, 2.45) is 11.7 Å². The summed E-state index contributed by atoms with van der Waals surface area (Å²) < 4.78 is 38.6. The number of aromatic nitrogens is 1. The maximum atomic E-state index is 12.6. The van der Waals surface area contributed by atoms with Crippen LogP contribution in [-0.4, -0.2) is 11.0 Å². The smallest absolute Gasteiger partial charge is 0.327 e. The lowest BCUT2D eigenvalue weighted by molar-refractivity contribution is -0.137. The van der Waals surface area contributed by atoms with Gasteiger partial charge < -0.3 is 5.73 Å². The Morgan fingerprint density at radius 3 is 2.74 bits per heavy atom. The SMILES string of the molecule is NC(Cc1nc2cc(C(F)(F)F)ccc2s1)C1CC1. The van der Waals surface area contributed by atoms with E-state index in [9.17, 15) is 13.2 Å². The van der Waals surface area contributed by atoms with Gasteiger partial charge in [-0.05, 0) is 37.0 Å². The standard InChI is InChI=1S/C13H13F3N2S/c14-13(15,16)8-3-4-11-10(5-8)18-12(19-11)6-9(17)7-1-2-7/h3-5,7,9H,1-2,6,17H2. The van der Waals surface area contributed by atoms with Crippen LogP contribution in [0.1, 0.15) is 23.4 Å². The number of nitrogens with zero attached hydrogens (tertiary/aromatic N) is 1. The number of halogens is 3. The summed E-state index contributed by atoms with van der Waals surface area (Å²) in [6.45, 7) is 0. The minimum Gasteiger partial charge on any atom is -0.327 e. The van der Waals surface area contributed by atoms with Crippen molar-refractivity contribution in [1.29, 1.82) is 0 Å². The first-order chi connectivity index (χ1) is 8.93. The molecule has 3 rings (SSSR count). The molecule has 2 N–H and O–H groups in total. The van der Waals surface area contributed by atoms with Crippen LogP contribution < -0.4 is 5.73 Å². The highest BCUT2D eigenvalue weighted by Gasteiger charge is 2.31. The lowest BCUT2D eigenvalue weighted by atomic mass is 10.1. The van der Waals surface area contributed by atoms with Gasteiger partial charge in [-0.2, -0.15) is 13.2 Å². The molecule has 1 unspecified atom stereocenters. The topological polar surface area (TPSA) is 38.9 Å². The van der Waals surface area contributed by atoms with Gasteiger partial charge in [0.05, 0.1) is 20.8 Å². The molecule has 0 saturated heterocycles. The van der Waals surface area contributed by atoms with E-state index in [2.05, 4.69) is 4.98 Å². The number of thiazole rings is 1. The first kappa shape index (κ1) is 12.9. The second-order valence-electron chi connectivity index (χ2n) is 4.99. The van der Waals surface area contributed by atoms with Crippen molar-refractivity contribution in [1.82, 2.24) is 4.98 Å². The molecule has 1 aliphatic rings. The number of hydrogen-bond acceptors (Lipinski definition) is 3. The van der Waals surface area contributed by atoms with Crippen molar-refractivity contribution in [2.45, 2.75) is 31.5 Å². The molecule has 0 spiro atoms. The summed E-state index contributed by atoms with van der Waals surface area (Å²) in [5.74, 6) is 0.567. The lowest BCUT2D eigenvalue weighted by Crippen LogP contribution is -2.24. The highest BCUT2D eigenvalue weighted by atomic mass is 32.1. The highest BCUT2D eigenvalue weighted by molar-refractivity contribution is 7.18. The highest BCUT2D eigenvalue weighted by Crippen LogP contribution is 2.35. The summed E-state index contributed by atoms with van der Waals surface area (Å²) in [6.07, 6.45) is -1.34. The van der Waals surface area contributed by atoms with Crippen LogP contribution in [0.5, 0.6) is 0 Å². The van der Waals surface area contributed by atoms with Gasteiger partial charge in [-0.3, -0.25) is 0 Å². The van der Waals surface area contributed by atoms with Gasteiger partial charge in [0.2, 0.25) is 0 Å². The molecular formula is C13H13F3N2S. The second-order valence-corrected chi connectivity index (χ2v) is 6.11. The summed E-state index contributed by atoms with van der Waals surface area (Å²) in [5, 5.41) is 0.828. The van der Waals surface area contributed by atoms with Gasteiger partial charge in [0.1, 0.15) is 0 Å². The Morgan fingerprint density at radius 1 is 1.37 bits per heavy atom. The summed E-state index contributed by atoms with van der Waals surface area (Å²) in [6, 6.07) is 3.79. The van der Waals surface area contributed by atoms with Gasteiger partial charge in [0.15, 0.2) is 0 Å². The Balaban J connectivity index is 1.87. The van der Waals surface area contributed by atoms with E-state index in [-0.39, 0.29) is 6.04 Å². The van der Waals surface area contributed by atoms with Crippen LogP contribution in [0, 0.1) is 5.92 Å². The van der Waals surface area contributed by atoms with Gasteiger partial charge in [0.25, 0.3) is 0 Å². The fourth-order valence-corrected chi connectivity index (χ4v) is 3.15. The summed E-state index contributed by atoms with van der Waals surface area (Å²) in [7, 11) is 0. The van der Waals surface area contributed by atoms with Crippen LogP contribution in [0.4, 0.5) is 13.2 Å². The van der Waals surface area contributed by atoms with Gasteiger partial charge in [-0.1, -0.05) is 0 Å². The zero-order valence-corrected chi connectivity index (χ0v) is 10.9. The number of benzene rings is 1. The molecule has 102 valence electrons. The van der Waals surface area contributed by atoms with E-state index in [0.717, 1.165) is 34.7 Å². The third kappa shape index (κ3) is 2.74. The number of nitrogens with two attached hydrogens (primary N) is 1. The molecule has 1 atom stereocenters.